The Morgan fingerprint density at radius 2 is 1.33 bits per heavy atom. The van der Waals surface area contributed by atoms with Crippen LogP contribution in [0.4, 0.5) is 45.2 Å². The molecule has 1 atom stereocenters. The van der Waals surface area contributed by atoms with E-state index < -0.39 is 47.4 Å². The number of halogens is 9. The summed E-state index contributed by atoms with van der Waals surface area (Å²) < 4.78 is 120. The van der Waals surface area contributed by atoms with Gasteiger partial charge < -0.3 is 15.7 Å². The summed E-state index contributed by atoms with van der Waals surface area (Å²) in [5.41, 5.74) is -9.05. The second-order valence-corrected chi connectivity index (χ2v) is 8.63. The molecule has 2 aromatic rings. The van der Waals surface area contributed by atoms with Crippen LogP contribution >= 0.6 is 0 Å². The Kier molecular flexibility index (Phi) is 7.54. The second kappa shape index (κ2) is 9.83. The van der Waals surface area contributed by atoms with Gasteiger partial charge in [0.1, 0.15) is 0 Å². The van der Waals surface area contributed by atoms with Crippen LogP contribution in [0.1, 0.15) is 41.5 Å². The number of hydrogen-bond acceptors (Lipinski definition) is 3. The van der Waals surface area contributed by atoms with Crippen LogP contribution in [0, 0.1) is 5.92 Å². The molecule has 1 aliphatic carbocycles. The lowest BCUT2D eigenvalue weighted by Crippen LogP contribution is -2.48. The lowest BCUT2D eigenvalue weighted by molar-refractivity contribution is -0.261. The molecule has 4 nitrogen and oxygen atoms in total. The highest BCUT2D eigenvalue weighted by molar-refractivity contribution is 5.76. The van der Waals surface area contributed by atoms with E-state index in [-0.39, 0.29) is 36.3 Å². The molecule has 0 unspecified atom stereocenters. The first-order valence-corrected chi connectivity index (χ1v) is 10.7. The number of benzene rings is 2. The van der Waals surface area contributed by atoms with Crippen molar-refractivity contribution in [3.63, 3.8) is 0 Å². The molecule has 0 radical (unpaired) electrons. The van der Waals surface area contributed by atoms with Gasteiger partial charge in [-0.2, -0.15) is 39.5 Å². The first kappa shape index (κ1) is 27.6. The molecule has 2 aromatic carbocycles. The molecule has 1 aliphatic rings. The lowest BCUT2D eigenvalue weighted by atomic mass is 9.89. The molecule has 0 aliphatic heterocycles. The van der Waals surface area contributed by atoms with E-state index in [1.54, 1.807) is 0 Å². The number of aliphatic hydroxyl groups is 1. The van der Waals surface area contributed by atoms with Crippen LogP contribution in [0.25, 0.3) is 0 Å². The minimum Gasteiger partial charge on any atom is -0.381 e. The first-order chi connectivity index (χ1) is 16.5. The minimum absolute atomic E-state index is 0.00810. The van der Waals surface area contributed by atoms with Gasteiger partial charge in [-0.15, -0.1) is 0 Å². The molecule has 198 valence electrons. The van der Waals surface area contributed by atoms with E-state index in [0.717, 1.165) is 12.8 Å². The van der Waals surface area contributed by atoms with Gasteiger partial charge in [-0.25, -0.2) is 0 Å². The van der Waals surface area contributed by atoms with Gasteiger partial charge in [0.05, 0.1) is 17.7 Å². The molecule has 1 fully saturated rings. The number of carbonyl (C=O) groups is 1. The minimum atomic E-state index is -5.63. The van der Waals surface area contributed by atoms with Crippen LogP contribution in [0.5, 0.6) is 0 Å². The van der Waals surface area contributed by atoms with Crippen molar-refractivity contribution in [2.45, 2.75) is 49.9 Å². The van der Waals surface area contributed by atoms with Crippen molar-refractivity contribution in [1.82, 2.24) is 5.32 Å². The van der Waals surface area contributed by atoms with E-state index in [1.807, 2.05) is 0 Å². The number of alkyl halides is 9. The Balaban J connectivity index is 1.80. The fourth-order valence-electron chi connectivity index (χ4n) is 3.39. The van der Waals surface area contributed by atoms with Gasteiger partial charge in [-0.3, -0.25) is 4.79 Å². The number of carbonyl (C=O) groups excluding carboxylic acids is 1. The first-order valence-electron chi connectivity index (χ1n) is 10.7. The molecule has 0 saturated heterocycles. The highest BCUT2D eigenvalue weighted by Crippen LogP contribution is 2.44. The summed E-state index contributed by atoms with van der Waals surface area (Å²) in [7, 11) is 0. The molecular formula is C23H21F9N2O2. The van der Waals surface area contributed by atoms with Crippen LogP contribution in [0.15, 0.2) is 42.5 Å². The maximum absolute atomic E-state index is 13.8. The average molecular weight is 528 g/mol. The third kappa shape index (κ3) is 6.83. The molecule has 0 spiro atoms. The van der Waals surface area contributed by atoms with E-state index in [9.17, 15) is 49.4 Å². The van der Waals surface area contributed by atoms with Crippen molar-refractivity contribution in [3.05, 3.63) is 64.7 Å². The van der Waals surface area contributed by atoms with Gasteiger partial charge in [0, 0.05) is 18.7 Å². The van der Waals surface area contributed by atoms with Gasteiger partial charge >= 0.3 is 18.5 Å². The Morgan fingerprint density at radius 1 is 0.833 bits per heavy atom. The van der Waals surface area contributed by atoms with Gasteiger partial charge in [0.25, 0.3) is 0 Å². The van der Waals surface area contributed by atoms with Crippen molar-refractivity contribution in [3.8, 4) is 0 Å². The highest BCUT2D eigenvalue weighted by Gasteiger charge is 2.56. The maximum atomic E-state index is 13.8. The zero-order valence-corrected chi connectivity index (χ0v) is 18.4. The highest BCUT2D eigenvalue weighted by atomic mass is 19.4. The summed E-state index contributed by atoms with van der Waals surface area (Å²) in [5.74, 6) is 0.238. The third-order valence-electron chi connectivity index (χ3n) is 5.70. The molecule has 1 amide bonds. The van der Waals surface area contributed by atoms with Crippen molar-refractivity contribution in [2.24, 2.45) is 5.92 Å². The van der Waals surface area contributed by atoms with E-state index in [1.165, 1.54) is 24.3 Å². The van der Waals surface area contributed by atoms with E-state index in [4.69, 9.17) is 0 Å². The number of nitrogens with one attached hydrogen (secondary N) is 2. The van der Waals surface area contributed by atoms with Gasteiger partial charge in [0.15, 0.2) is 0 Å². The molecule has 0 aromatic heterocycles. The van der Waals surface area contributed by atoms with Crippen LogP contribution in [0.3, 0.4) is 0 Å². The normalized spacial score (nSPS) is 16.4. The molecule has 0 heterocycles. The van der Waals surface area contributed by atoms with E-state index in [2.05, 4.69) is 10.6 Å². The molecule has 3 N–H and O–H groups in total. The Bertz CT molecular complexity index is 1040. The Hall–Kier alpha value is -2.96. The SMILES string of the molecule is O=C(CC1CC1)NCc1ccc(NC[C@@](O)(c2cc(C(F)(F)F)cc(C(F)(F)F)c2)C(F)(F)F)cc1. The van der Waals surface area contributed by atoms with Gasteiger partial charge in [-0.1, -0.05) is 12.1 Å². The summed E-state index contributed by atoms with van der Waals surface area (Å²) in [6.45, 7) is -1.31. The van der Waals surface area contributed by atoms with E-state index in [0.29, 0.717) is 17.9 Å². The summed E-state index contributed by atoms with van der Waals surface area (Å²) in [6.07, 6.45) is -14.0. The second-order valence-electron chi connectivity index (χ2n) is 8.63. The molecule has 1 saturated carbocycles. The van der Waals surface area contributed by atoms with Crippen molar-refractivity contribution in [1.29, 1.82) is 0 Å². The van der Waals surface area contributed by atoms with Crippen LogP contribution in [0.2, 0.25) is 0 Å². The average Bonchev–Trinajstić information content (AvgIpc) is 3.58. The molecule has 13 heteroatoms. The van der Waals surface area contributed by atoms with Crippen LogP contribution < -0.4 is 10.6 Å². The molecular weight excluding hydrogens is 507 g/mol. The predicted molar refractivity (Wildman–Crippen MR) is 111 cm³/mol. The van der Waals surface area contributed by atoms with Gasteiger partial charge in [0.2, 0.25) is 11.5 Å². The third-order valence-corrected chi connectivity index (χ3v) is 5.70. The summed E-state index contributed by atoms with van der Waals surface area (Å²) in [6, 6.07) is 4.88. The fourth-order valence-corrected chi connectivity index (χ4v) is 3.39. The summed E-state index contributed by atoms with van der Waals surface area (Å²) >= 11 is 0. The lowest BCUT2D eigenvalue weighted by Gasteiger charge is -2.32. The van der Waals surface area contributed by atoms with Crippen LogP contribution in [-0.2, 0) is 29.3 Å². The molecule has 36 heavy (non-hydrogen) atoms. The predicted octanol–water partition coefficient (Wildman–Crippen LogP) is 6.00. The topological polar surface area (TPSA) is 61.4 Å². The fraction of sp³-hybridized carbons (Fsp3) is 0.435. The number of rotatable bonds is 8. The van der Waals surface area contributed by atoms with E-state index >= 15 is 0 Å². The summed E-state index contributed by atoms with van der Waals surface area (Å²) in [5, 5.41) is 15.3. The quantitative estimate of drug-likeness (QED) is 0.369. The van der Waals surface area contributed by atoms with Crippen molar-refractivity contribution >= 4 is 11.6 Å². The molecule has 3 rings (SSSR count). The number of hydrogen-bond donors (Lipinski definition) is 3. The van der Waals surface area contributed by atoms with Crippen molar-refractivity contribution in [2.75, 3.05) is 11.9 Å². The molecule has 0 bridgehead atoms. The summed E-state index contributed by atoms with van der Waals surface area (Å²) in [4.78, 5) is 11.7. The number of anilines is 1. The standard InChI is InChI=1S/C23H21F9N2O2/c24-21(25,26)16-8-15(9-17(10-16)22(27,28)29)20(36,23(30,31)32)12-34-18-5-3-14(4-6-18)11-33-19(35)7-13-1-2-13/h3-6,8-10,13,34,36H,1-2,7,11-12H2,(H,33,35)/t20-/m1/s1. The van der Waals surface area contributed by atoms with Crippen molar-refractivity contribution < 1.29 is 49.4 Å². The monoisotopic (exact) mass is 528 g/mol. The zero-order valence-electron chi connectivity index (χ0n) is 18.4. The Labute approximate surface area is 199 Å². The Morgan fingerprint density at radius 3 is 1.78 bits per heavy atom. The smallest absolute Gasteiger partial charge is 0.381 e. The maximum Gasteiger partial charge on any atom is 0.423 e. The van der Waals surface area contributed by atoms with Crippen LogP contribution in [-0.4, -0.2) is 23.7 Å². The number of amides is 1. The largest absolute Gasteiger partial charge is 0.423 e. The van der Waals surface area contributed by atoms with Gasteiger partial charge in [-0.05, 0) is 60.2 Å². The zero-order chi connectivity index (χ0) is 26.9.